The zero-order chi connectivity index (χ0) is 17.1. The van der Waals surface area contributed by atoms with Crippen molar-refractivity contribution in [1.82, 2.24) is 15.5 Å². The summed E-state index contributed by atoms with van der Waals surface area (Å²) in [5.74, 6) is 0.891. The van der Waals surface area contributed by atoms with Crippen molar-refractivity contribution in [3.8, 4) is 11.5 Å². The quantitative estimate of drug-likeness (QED) is 0.641. The van der Waals surface area contributed by atoms with Crippen molar-refractivity contribution < 1.29 is 9.45 Å². The molecule has 1 aromatic heterocycles. The van der Waals surface area contributed by atoms with Gasteiger partial charge in [0.1, 0.15) is 5.69 Å². The van der Waals surface area contributed by atoms with E-state index in [9.17, 15) is 10.1 Å². The highest BCUT2D eigenvalue weighted by atomic mass is 16.6. The summed E-state index contributed by atoms with van der Waals surface area (Å²) in [6.07, 6.45) is 2.76. The molecule has 0 spiro atoms. The largest absolute Gasteiger partial charge is 0.366 e. The average Bonchev–Trinajstić information content (AvgIpc) is 3.26. The van der Waals surface area contributed by atoms with E-state index >= 15 is 0 Å². The van der Waals surface area contributed by atoms with Crippen LogP contribution in [-0.2, 0) is 6.42 Å². The first-order valence-electron chi connectivity index (χ1n) is 8.12. The van der Waals surface area contributed by atoms with Gasteiger partial charge in [-0.25, -0.2) is 0 Å². The van der Waals surface area contributed by atoms with Gasteiger partial charge in [0.05, 0.1) is 4.92 Å². The molecule has 8 nitrogen and oxygen atoms in total. The molecule has 24 heavy (non-hydrogen) atoms. The monoisotopic (exact) mass is 331 g/mol. The van der Waals surface area contributed by atoms with Gasteiger partial charge < -0.3 is 14.7 Å². The highest BCUT2D eigenvalue weighted by Crippen LogP contribution is 2.34. The van der Waals surface area contributed by atoms with Gasteiger partial charge in [-0.3, -0.25) is 10.1 Å². The molecule has 1 atom stereocenters. The number of hydrogen-bond donors (Lipinski definition) is 1. The van der Waals surface area contributed by atoms with Crippen LogP contribution < -0.4 is 10.2 Å². The van der Waals surface area contributed by atoms with Crippen LogP contribution >= 0.6 is 0 Å². The Kier molecular flexibility index (Phi) is 4.75. The van der Waals surface area contributed by atoms with Crippen LogP contribution in [0.3, 0.4) is 0 Å². The van der Waals surface area contributed by atoms with Crippen LogP contribution in [-0.4, -0.2) is 41.2 Å². The van der Waals surface area contributed by atoms with Crippen LogP contribution in [0, 0.1) is 10.1 Å². The van der Waals surface area contributed by atoms with Gasteiger partial charge >= 0.3 is 0 Å². The van der Waals surface area contributed by atoms with E-state index in [1.165, 1.54) is 6.07 Å². The lowest BCUT2D eigenvalue weighted by molar-refractivity contribution is -0.384. The maximum atomic E-state index is 11.5. The number of anilines is 1. The summed E-state index contributed by atoms with van der Waals surface area (Å²) < 4.78 is 5.27. The van der Waals surface area contributed by atoms with Crippen LogP contribution in [0.2, 0.25) is 0 Å². The van der Waals surface area contributed by atoms with Crippen molar-refractivity contribution in [3.63, 3.8) is 0 Å². The summed E-state index contributed by atoms with van der Waals surface area (Å²) in [5, 5.41) is 18.5. The standard InChI is InChI=1S/C16H21N5O3/c1-11(17-2)9-15-18-16(24-19-15)12-5-6-13(14(10-12)21(22)23)20-7-3-4-8-20/h5-6,10-11,17H,3-4,7-9H2,1-2H3. The minimum atomic E-state index is -0.350. The fraction of sp³-hybridized carbons (Fsp3) is 0.500. The molecule has 8 heteroatoms. The Balaban J connectivity index is 1.88. The number of nitrogens with zero attached hydrogens (tertiary/aromatic N) is 4. The third-order valence-corrected chi connectivity index (χ3v) is 4.32. The maximum Gasteiger partial charge on any atom is 0.293 e. The van der Waals surface area contributed by atoms with Gasteiger partial charge in [0.25, 0.3) is 11.6 Å². The number of hydrogen-bond acceptors (Lipinski definition) is 7. The van der Waals surface area contributed by atoms with Crippen molar-refractivity contribution in [2.45, 2.75) is 32.2 Å². The number of nitro benzene ring substituents is 1. The van der Waals surface area contributed by atoms with E-state index in [1.807, 2.05) is 14.0 Å². The van der Waals surface area contributed by atoms with Gasteiger partial charge in [-0.1, -0.05) is 5.16 Å². The number of likely N-dealkylation sites (N-methyl/N-ethyl adjacent to an activating group) is 1. The molecule has 0 amide bonds. The van der Waals surface area contributed by atoms with E-state index in [0.717, 1.165) is 25.9 Å². The average molecular weight is 331 g/mol. The summed E-state index contributed by atoms with van der Waals surface area (Å²) >= 11 is 0. The molecule has 0 saturated carbocycles. The van der Waals surface area contributed by atoms with E-state index in [0.29, 0.717) is 29.4 Å². The smallest absolute Gasteiger partial charge is 0.293 e. The van der Waals surface area contributed by atoms with E-state index in [4.69, 9.17) is 4.52 Å². The van der Waals surface area contributed by atoms with Crippen molar-refractivity contribution in [1.29, 1.82) is 0 Å². The second-order valence-electron chi connectivity index (χ2n) is 6.06. The van der Waals surface area contributed by atoms with E-state index < -0.39 is 0 Å². The fourth-order valence-corrected chi connectivity index (χ4v) is 2.86. The van der Waals surface area contributed by atoms with Gasteiger partial charge in [0.2, 0.25) is 0 Å². The second-order valence-corrected chi connectivity index (χ2v) is 6.06. The first-order valence-corrected chi connectivity index (χ1v) is 8.12. The first kappa shape index (κ1) is 16.4. The Labute approximate surface area is 140 Å². The molecule has 128 valence electrons. The molecule has 1 aromatic carbocycles. The molecule has 2 heterocycles. The van der Waals surface area contributed by atoms with Crippen LogP contribution in [0.4, 0.5) is 11.4 Å². The van der Waals surface area contributed by atoms with Gasteiger partial charge in [-0.2, -0.15) is 4.98 Å². The molecule has 1 aliphatic rings. The molecular weight excluding hydrogens is 310 g/mol. The van der Waals surface area contributed by atoms with Crippen molar-refractivity contribution in [3.05, 3.63) is 34.1 Å². The molecular formula is C16H21N5O3. The number of rotatable bonds is 6. The molecule has 1 fully saturated rings. The number of benzene rings is 1. The molecule has 3 rings (SSSR count). The van der Waals surface area contributed by atoms with E-state index in [2.05, 4.69) is 20.4 Å². The van der Waals surface area contributed by atoms with Crippen LogP contribution in [0.5, 0.6) is 0 Å². The molecule has 1 N–H and O–H groups in total. The zero-order valence-corrected chi connectivity index (χ0v) is 13.9. The minimum absolute atomic E-state index is 0.0812. The molecule has 0 aliphatic carbocycles. The van der Waals surface area contributed by atoms with Crippen LogP contribution in [0.15, 0.2) is 22.7 Å². The molecule has 0 radical (unpaired) electrons. The highest BCUT2D eigenvalue weighted by molar-refractivity contribution is 5.71. The molecule has 0 bridgehead atoms. The lowest BCUT2D eigenvalue weighted by Crippen LogP contribution is -2.24. The lowest BCUT2D eigenvalue weighted by Gasteiger charge is -2.17. The van der Waals surface area contributed by atoms with Crippen LogP contribution in [0.25, 0.3) is 11.5 Å². The summed E-state index contributed by atoms with van der Waals surface area (Å²) in [5.41, 5.74) is 1.31. The molecule has 1 aliphatic heterocycles. The summed E-state index contributed by atoms with van der Waals surface area (Å²) in [7, 11) is 1.87. The minimum Gasteiger partial charge on any atom is -0.366 e. The third kappa shape index (κ3) is 3.38. The lowest BCUT2D eigenvalue weighted by atomic mass is 10.1. The van der Waals surface area contributed by atoms with E-state index in [-0.39, 0.29) is 16.7 Å². The fourth-order valence-electron chi connectivity index (χ4n) is 2.86. The highest BCUT2D eigenvalue weighted by Gasteiger charge is 2.24. The van der Waals surface area contributed by atoms with Gasteiger partial charge in [0.15, 0.2) is 5.82 Å². The molecule has 1 saturated heterocycles. The Bertz CT molecular complexity index is 724. The number of nitro groups is 1. The summed E-state index contributed by atoms with van der Waals surface area (Å²) in [6.45, 7) is 3.73. The van der Waals surface area contributed by atoms with Crippen molar-refractivity contribution in [2.75, 3.05) is 25.0 Å². The predicted octanol–water partition coefficient (Wildman–Crippen LogP) is 2.40. The normalized spacial score (nSPS) is 15.7. The zero-order valence-electron chi connectivity index (χ0n) is 13.9. The second kappa shape index (κ2) is 6.96. The Morgan fingerprint density at radius 3 is 2.83 bits per heavy atom. The van der Waals surface area contributed by atoms with Crippen molar-refractivity contribution in [2.24, 2.45) is 0 Å². The Hall–Kier alpha value is -2.48. The first-order chi connectivity index (χ1) is 11.6. The van der Waals surface area contributed by atoms with E-state index in [1.54, 1.807) is 12.1 Å². The number of nitrogens with one attached hydrogen (secondary N) is 1. The predicted molar refractivity (Wildman–Crippen MR) is 90.1 cm³/mol. The number of aromatic nitrogens is 2. The van der Waals surface area contributed by atoms with Crippen molar-refractivity contribution >= 4 is 11.4 Å². The van der Waals surface area contributed by atoms with Crippen LogP contribution in [0.1, 0.15) is 25.6 Å². The Morgan fingerprint density at radius 2 is 2.17 bits per heavy atom. The Morgan fingerprint density at radius 1 is 1.42 bits per heavy atom. The SMILES string of the molecule is CNC(C)Cc1noc(-c2ccc(N3CCCC3)c([N+](=O)[O-])c2)n1. The summed E-state index contributed by atoms with van der Waals surface area (Å²) in [6, 6.07) is 5.33. The topological polar surface area (TPSA) is 97.3 Å². The van der Waals surface area contributed by atoms with Gasteiger partial charge in [-0.05, 0) is 38.9 Å². The molecule has 1 unspecified atom stereocenters. The van der Waals surface area contributed by atoms with Gasteiger partial charge in [-0.15, -0.1) is 0 Å². The third-order valence-electron chi connectivity index (χ3n) is 4.32. The van der Waals surface area contributed by atoms with Gasteiger partial charge in [0, 0.05) is 37.2 Å². The summed E-state index contributed by atoms with van der Waals surface area (Å²) in [4.78, 5) is 17.5. The maximum absolute atomic E-state index is 11.5. The molecule has 2 aromatic rings.